The van der Waals surface area contributed by atoms with E-state index in [2.05, 4.69) is 27.6 Å². The van der Waals surface area contributed by atoms with E-state index in [0.717, 1.165) is 6.42 Å². The van der Waals surface area contributed by atoms with Crippen molar-refractivity contribution in [3.05, 3.63) is 35.9 Å². The zero-order valence-corrected chi connectivity index (χ0v) is 8.69. The topological polar surface area (TPSA) is 43.3 Å². The van der Waals surface area contributed by atoms with Crippen LogP contribution in [0, 0.1) is 0 Å². The van der Waals surface area contributed by atoms with Crippen LogP contribution >= 0.6 is 0 Å². The van der Waals surface area contributed by atoms with Gasteiger partial charge < -0.3 is 10.1 Å². The van der Waals surface area contributed by atoms with Gasteiger partial charge in [0.05, 0.1) is 11.7 Å². The first-order valence-corrected chi connectivity index (χ1v) is 5.55. The second-order valence-electron chi connectivity index (χ2n) is 4.21. The fourth-order valence-electron chi connectivity index (χ4n) is 2.12. The molecule has 0 spiro atoms. The van der Waals surface area contributed by atoms with E-state index in [-0.39, 0.29) is 0 Å². The first kappa shape index (κ1) is 8.92. The minimum Gasteiger partial charge on any atom is -0.330 e. The molecule has 2 aromatic heterocycles. The summed E-state index contributed by atoms with van der Waals surface area (Å²) in [6.45, 7) is 0.696. The molecule has 0 saturated heterocycles. The summed E-state index contributed by atoms with van der Waals surface area (Å²) in [6.07, 6.45) is 5.47. The van der Waals surface area contributed by atoms with Crippen LogP contribution in [0.1, 0.15) is 30.3 Å². The molecule has 1 saturated carbocycles. The third-order valence-corrected chi connectivity index (χ3v) is 3.00. The zero-order chi connectivity index (χ0) is 10.3. The number of rotatable bonds is 3. The number of pyridine rings is 1. The lowest BCUT2D eigenvalue weighted by molar-refractivity contribution is 0.837. The predicted molar refractivity (Wildman–Crippen MR) is 59.9 cm³/mol. The molecule has 15 heavy (non-hydrogen) atoms. The van der Waals surface area contributed by atoms with E-state index in [9.17, 15) is 0 Å². The SMILES string of the molecule is NCCc1cccc2cnc(C3CC3)n12. The number of fused-ring (bicyclic) bond motifs is 1. The van der Waals surface area contributed by atoms with Gasteiger partial charge in [-0.15, -0.1) is 0 Å². The molecule has 3 heteroatoms. The van der Waals surface area contributed by atoms with Crippen molar-refractivity contribution in [2.75, 3.05) is 6.54 Å². The Morgan fingerprint density at radius 2 is 2.27 bits per heavy atom. The predicted octanol–water partition coefficient (Wildman–Crippen LogP) is 1.71. The van der Waals surface area contributed by atoms with Crippen LogP contribution in [0.25, 0.3) is 5.52 Å². The van der Waals surface area contributed by atoms with Crippen molar-refractivity contribution in [1.82, 2.24) is 9.38 Å². The van der Waals surface area contributed by atoms with Crippen molar-refractivity contribution in [1.29, 1.82) is 0 Å². The van der Waals surface area contributed by atoms with E-state index < -0.39 is 0 Å². The Labute approximate surface area is 88.9 Å². The summed E-state index contributed by atoms with van der Waals surface area (Å²) in [5.41, 5.74) is 8.11. The molecule has 0 aliphatic heterocycles. The van der Waals surface area contributed by atoms with E-state index in [1.165, 1.54) is 29.9 Å². The van der Waals surface area contributed by atoms with Gasteiger partial charge in [0.1, 0.15) is 5.82 Å². The largest absolute Gasteiger partial charge is 0.330 e. The summed E-state index contributed by atoms with van der Waals surface area (Å²) in [5, 5.41) is 0. The molecule has 2 aromatic rings. The molecule has 0 radical (unpaired) electrons. The van der Waals surface area contributed by atoms with Crippen molar-refractivity contribution >= 4 is 5.52 Å². The molecule has 0 atom stereocenters. The highest BCUT2D eigenvalue weighted by molar-refractivity contribution is 5.48. The number of aromatic nitrogens is 2. The number of hydrogen-bond acceptors (Lipinski definition) is 2. The molecule has 2 N–H and O–H groups in total. The fraction of sp³-hybridized carbons (Fsp3) is 0.417. The summed E-state index contributed by atoms with van der Waals surface area (Å²) >= 11 is 0. The Balaban J connectivity index is 2.19. The van der Waals surface area contributed by atoms with Crippen LogP contribution in [0.4, 0.5) is 0 Å². The molecule has 78 valence electrons. The molecule has 3 rings (SSSR count). The number of hydrogen-bond donors (Lipinski definition) is 1. The van der Waals surface area contributed by atoms with Gasteiger partial charge in [-0.25, -0.2) is 4.98 Å². The van der Waals surface area contributed by atoms with Gasteiger partial charge in [0, 0.05) is 18.0 Å². The molecule has 2 heterocycles. The number of nitrogens with two attached hydrogens (primary N) is 1. The van der Waals surface area contributed by atoms with Crippen LogP contribution in [0.5, 0.6) is 0 Å². The highest BCUT2D eigenvalue weighted by Crippen LogP contribution is 2.39. The minimum atomic E-state index is 0.687. The molecule has 0 amide bonds. The minimum absolute atomic E-state index is 0.687. The van der Waals surface area contributed by atoms with E-state index >= 15 is 0 Å². The molecule has 1 aliphatic carbocycles. The van der Waals surface area contributed by atoms with Crippen molar-refractivity contribution < 1.29 is 0 Å². The van der Waals surface area contributed by atoms with Gasteiger partial charge >= 0.3 is 0 Å². The quantitative estimate of drug-likeness (QED) is 0.821. The van der Waals surface area contributed by atoms with E-state index in [1.54, 1.807) is 0 Å². The van der Waals surface area contributed by atoms with Crippen LogP contribution < -0.4 is 5.73 Å². The maximum absolute atomic E-state index is 5.63. The smallest absolute Gasteiger partial charge is 0.116 e. The maximum atomic E-state index is 5.63. The molecule has 1 aliphatic rings. The molecule has 0 bridgehead atoms. The van der Waals surface area contributed by atoms with Gasteiger partial charge in [-0.05, 0) is 31.5 Å². The van der Waals surface area contributed by atoms with Crippen LogP contribution in [-0.4, -0.2) is 15.9 Å². The number of nitrogens with zero attached hydrogens (tertiary/aromatic N) is 2. The normalized spacial score (nSPS) is 16.1. The van der Waals surface area contributed by atoms with Crippen LogP contribution in [0.15, 0.2) is 24.4 Å². The maximum Gasteiger partial charge on any atom is 0.116 e. The Kier molecular flexibility index (Phi) is 1.99. The van der Waals surface area contributed by atoms with Gasteiger partial charge in [0.25, 0.3) is 0 Å². The van der Waals surface area contributed by atoms with E-state index in [4.69, 9.17) is 5.73 Å². The average Bonchev–Trinajstić information content (AvgIpc) is 3.00. The summed E-state index contributed by atoms with van der Waals surface area (Å²) in [6, 6.07) is 6.34. The summed E-state index contributed by atoms with van der Waals surface area (Å²) < 4.78 is 2.28. The summed E-state index contributed by atoms with van der Waals surface area (Å²) in [4.78, 5) is 4.52. The van der Waals surface area contributed by atoms with Gasteiger partial charge in [0.15, 0.2) is 0 Å². The molecule has 1 fully saturated rings. The average molecular weight is 201 g/mol. The van der Waals surface area contributed by atoms with Gasteiger partial charge in [0.2, 0.25) is 0 Å². The second kappa shape index (κ2) is 3.35. The summed E-state index contributed by atoms with van der Waals surface area (Å²) in [7, 11) is 0. The lowest BCUT2D eigenvalue weighted by Crippen LogP contribution is -2.08. The van der Waals surface area contributed by atoms with Gasteiger partial charge in [-0.1, -0.05) is 6.07 Å². The third-order valence-electron chi connectivity index (χ3n) is 3.00. The number of imidazole rings is 1. The highest BCUT2D eigenvalue weighted by Gasteiger charge is 2.28. The van der Waals surface area contributed by atoms with Crippen molar-refractivity contribution in [2.24, 2.45) is 5.73 Å². The second-order valence-corrected chi connectivity index (χ2v) is 4.21. The molecular weight excluding hydrogens is 186 g/mol. The Morgan fingerprint density at radius 1 is 1.40 bits per heavy atom. The first-order valence-electron chi connectivity index (χ1n) is 5.55. The Bertz CT molecular complexity index is 483. The van der Waals surface area contributed by atoms with Crippen molar-refractivity contribution in [3.63, 3.8) is 0 Å². The van der Waals surface area contributed by atoms with Crippen LogP contribution in [0.3, 0.4) is 0 Å². The Morgan fingerprint density at radius 3 is 3.00 bits per heavy atom. The molecule has 3 nitrogen and oxygen atoms in total. The third kappa shape index (κ3) is 1.43. The van der Waals surface area contributed by atoms with Crippen LogP contribution in [-0.2, 0) is 6.42 Å². The molecule has 0 aromatic carbocycles. The van der Waals surface area contributed by atoms with Gasteiger partial charge in [-0.2, -0.15) is 0 Å². The molecular formula is C12H15N3. The van der Waals surface area contributed by atoms with E-state index in [0.29, 0.717) is 12.5 Å². The Hall–Kier alpha value is -1.35. The lowest BCUT2D eigenvalue weighted by atomic mass is 10.2. The van der Waals surface area contributed by atoms with Crippen LogP contribution in [0.2, 0.25) is 0 Å². The van der Waals surface area contributed by atoms with Crippen molar-refractivity contribution in [2.45, 2.75) is 25.2 Å². The van der Waals surface area contributed by atoms with Gasteiger partial charge in [-0.3, -0.25) is 0 Å². The molecule has 0 unspecified atom stereocenters. The standard InChI is InChI=1S/C12H15N3/c13-7-6-10-2-1-3-11-8-14-12(15(10)11)9-4-5-9/h1-3,8-9H,4-7,13H2. The highest BCUT2D eigenvalue weighted by atomic mass is 15.0. The first-order chi connectivity index (χ1) is 7.40. The zero-order valence-electron chi connectivity index (χ0n) is 8.69. The fourth-order valence-corrected chi connectivity index (χ4v) is 2.12. The summed E-state index contributed by atoms with van der Waals surface area (Å²) in [5.74, 6) is 1.92. The van der Waals surface area contributed by atoms with E-state index in [1.807, 2.05) is 6.20 Å². The monoisotopic (exact) mass is 201 g/mol. The lowest BCUT2D eigenvalue weighted by Gasteiger charge is -2.06. The van der Waals surface area contributed by atoms with Crippen molar-refractivity contribution in [3.8, 4) is 0 Å².